The SMILES string of the molecule is COc1cc(CO)ccc1OC1CCCNC1. The van der Waals surface area contributed by atoms with Crippen LogP contribution in [-0.2, 0) is 6.61 Å². The highest BCUT2D eigenvalue weighted by Gasteiger charge is 2.16. The third kappa shape index (κ3) is 3.11. The molecule has 0 spiro atoms. The standard InChI is InChI=1S/C13H19NO3/c1-16-13-7-10(9-15)4-5-12(13)17-11-3-2-6-14-8-11/h4-5,7,11,14-15H,2-3,6,8-9H2,1H3. The molecular weight excluding hydrogens is 218 g/mol. The van der Waals surface area contributed by atoms with Crippen molar-refractivity contribution in [3.8, 4) is 11.5 Å². The van der Waals surface area contributed by atoms with Crippen molar-refractivity contribution >= 4 is 0 Å². The van der Waals surface area contributed by atoms with Crippen molar-refractivity contribution in [2.24, 2.45) is 0 Å². The summed E-state index contributed by atoms with van der Waals surface area (Å²) < 4.78 is 11.2. The zero-order valence-corrected chi connectivity index (χ0v) is 10.1. The Bertz CT molecular complexity index is 362. The zero-order valence-electron chi connectivity index (χ0n) is 10.1. The minimum Gasteiger partial charge on any atom is -0.493 e. The van der Waals surface area contributed by atoms with Crippen molar-refractivity contribution < 1.29 is 14.6 Å². The molecule has 1 atom stereocenters. The highest BCUT2D eigenvalue weighted by atomic mass is 16.5. The lowest BCUT2D eigenvalue weighted by atomic mass is 10.1. The molecule has 0 aromatic heterocycles. The van der Waals surface area contributed by atoms with Crippen LogP contribution in [0, 0.1) is 0 Å². The maximum absolute atomic E-state index is 9.06. The first-order chi connectivity index (χ1) is 8.33. The van der Waals surface area contributed by atoms with E-state index in [-0.39, 0.29) is 12.7 Å². The minimum absolute atomic E-state index is 0.0155. The topological polar surface area (TPSA) is 50.7 Å². The third-order valence-electron chi connectivity index (χ3n) is 2.96. The molecule has 1 unspecified atom stereocenters. The van der Waals surface area contributed by atoms with Gasteiger partial charge < -0.3 is 19.9 Å². The van der Waals surface area contributed by atoms with E-state index < -0.39 is 0 Å². The van der Waals surface area contributed by atoms with Crippen LogP contribution in [0.5, 0.6) is 11.5 Å². The van der Waals surface area contributed by atoms with Crippen LogP contribution in [0.25, 0.3) is 0 Å². The van der Waals surface area contributed by atoms with Crippen LogP contribution in [0.15, 0.2) is 18.2 Å². The van der Waals surface area contributed by atoms with E-state index in [0.717, 1.165) is 37.2 Å². The number of nitrogens with one attached hydrogen (secondary N) is 1. The van der Waals surface area contributed by atoms with Crippen molar-refractivity contribution in [3.05, 3.63) is 23.8 Å². The van der Waals surface area contributed by atoms with Gasteiger partial charge in [-0.05, 0) is 37.1 Å². The van der Waals surface area contributed by atoms with Gasteiger partial charge in [-0.3, -0.25) is 0 Å². The first kappa shape index (κ1) is 12.2. The summed E-state index contributed by atoms with van der Waals surface area (Å²) in [6, 6.07) is 5.53. The number of methoxy groups -OCH3 is 1. The predicted octanol–water partition coefficient (Wildman–Crippen LogP) is 1.32. The number of rotatable bonds is 4. The Kier molecular flexibility index (Phi) is 4.23. The van der Waals surface area contributed by atoms with E-state index in [1.54, 1.807) is 7.11 Å². The Morgan fingerprint density at radius 2 is 2.29 bits per heavy atom. The molecule has 1 heterocycles. The van der Waals surface area contributed by atoms with Gasteiger partial charge in [0.25, 0.3) is 0 Å². The lowest BCUT2D eigenvalue weighted by molar-refractivity contribution is 0.161. The summed E-state index contributed by atoms with van der Waals surface area (Å²) >= 11 is 0. The van der Waals surface area contributed by atoms with Crippen molar-refractivity contribution in [1.29, 1.82) is 0 Å². The summed E-state index contributed by atoms with van der Waals surface area (Å²) in [6.07, 6.45) is 2.41. The molecule has 94 valence electrons. The Labute approximate surface area is 102 Å². The van der Waals surface area contributed by atoms with Crippen molar-refractivity contribution in [2.45, 2.75) is 25.6 Å². The number of piperidine rings is 1. The smallest absolute Gasteiger partial charge is 0.161 e. The molecule has 0 radical (unpaired) electrons. The number of benzene rings is 1. The third-order valence-corrected chi connectivity index (χ3v) is 2.96. The molecule has 0 bridgehead atoms. The number of aliphatic hydroxyl groups excluding tert-OH is 1. The van der Waals surface area contributed by atoms with Crippen LogP contribution in [0.4, 0.5) is 0 Å². The number of ether oxygens (including phenoxy) is 2. The second kappa shape index (κ2) is 5.89. The van der Waals surface area contributed by atoms with E-state index in [1.807, 2.05) is 18.2 Å². The molecule has 1 aliphatic rings. The van der Waals surface area contributed by atoms with Crippen LogP contribution >= 0.6 is 0 Å². The van der Waals surface area contributed by atoms with Gasteiger partial charge in [-0.2, -0.15) is 0 Å². The van der Waals surface area contributed by atoms with E-state index >= 15 is 0 Å². The number of hydrogen-bond donors (Lipinski definition) is 2. The molecule has 1 saturated heterocycles. The molecule has 4 heteroatoms. The fraction of sp³-hybridized carbons (Fsp3) is 0.538. The van der Waals surface area contributed by atoms with E-state index in [2.05, 4.69) is 5.32 Å². The average molecular weight is 237 g/mol. The summed E-state index contributed by atoms with van der Waals surface area (Å²) in [7, 11) is 1.61. The summed E-state index contributed by atoms with van der Waals surface area (Å²) in [4.78, 5) is 0. The zero-order chi connectivity index (χ0) is 12.1. The van der Waals surface area contributed by atoms with Crippen LogP contribution in [0.1, 0.15) is 18.4 Å². The molecular formula is C13H19NO3. The van der Waals surface area contributed by atoms with Gasteiger partial charge >= 0.3 is 0 Å². The summed E-state index contributed by atoms with van der Waals surface area (Å²) in [5, 5.41) is 12.4. The highest BCUT2D eigenvalue weighted by Crippen LogP contribution is 2.29. The van der Waals surface area contributed by atoms with Gasteiger partial charge in [0.15, 0.2) is 11.5 Å². The molecule has 1 aromatic rings. The predicted molar refractivity (Wildman–Crippen MR) is 65.4 cm³/mol. The lowest BCUT2D eigenvalue weighted by Crippen LogP contribution is -2.37. The molecule has 1 fully saturated rings. The molecule has 2 rings (SSSR count). The fourth-order valence-corrected chi connectivity index (χ4v) is 2.01. The van der Waals surface area contributed by atoms with E-state index in [9.17, 15) is 0 Å². The Morgan fingerprint density at radius 1 is 1.41 bits per heavy atom. The average Bonchev–Trinajstić information content (AvgIpc) is 2.40. The largest absolute Gasteiger partial charge is 0.493 e. The highest BCUT2D eigenvalue weighted by molar-refractivity contribution is 5.42. The first-order valence-corrected chi connectivity index (χ1v) is 5.98. The normalized spacial score (nSPS) is 20.0. The molecule has 17 heavy (non-hydrogen) atoms. The van der Waals surface area contributed by atoms with Crippen molar-refractivity contribution in [1.82, 2.24) is 5.32 Å². The first-order valence-electron chi connectivity index (χ1n) is 5.98. The Balaban J connectivity index is 2.08. The summed E-state index contributed by atoms with van der Waals surface area (Å²) in [6.45, 7) is 1.97. The van der Waals surface area contributed by atoms with Crippen LogP contribution < -0.4 is 14.8 Å². The van der Waals surface area contributed by atoms with E-state index in [1.165, 1.54) is 0 Å². The van der Waals surface area contributed by atoms with E-state index in [4.69, 9.17) is 14.6 Å². The molecule has 2 N–H and O–H groups in total. The quantitative estimate of drug-likeness (QED) is 0.829. The van der Waals surface area contributed by atoms with Gasteiger partial charge in [0.1, 0.15) is 6.10 Å². The second-order valence-corrected chi connectivity index (χ2v) is 4.23. The maximum Gasteiger partial charge on any atom is 0.161 e. The summed E-state index contributed by atoms with van der Waals surface area (Å²) in [5.74, 6) is 1.43. The molecule has 0 amide bonds. The van der Waals surface area contributed by atoms with Crippen LogP contribution in [0.3, 0.4) is 0 Å². The second-order valence-electron chi connectivity index (χ2n) is 4.23. The van der Waals surface area contributed by atoms with Gasteiger partial charge in [0, 0.05) is 6.54 Å². The van der Waals surface area contributed by atoms with Gasteiger partial charge in [-0.1, -0.05) is 6.07 Å². The number of hydrogen-bond acceptors (Lipinski definition) is 4. The van der Waals surface area contributed by atoms with Crippen LogP contribution in [-0.4, -0.2) is 31.4 Å². The fourth-order valence-electron chi connectivity index (χ4n) is 2.01. The minimum atomic E-state index is 0.0155. The van der Waals surface area contributed by atoms with E-state index in [0.29, 0.717) is 5.75 Å². The molecule has 0 saturated carbocycles. The van der Waals surface area contributed by atoms with Gasteiger partial charge in [-0.25, -0.2) is 0 Å². The molecule has 1 aromatic carbocycles. The van der Waals surface area contributed by atoms with Crippen molar-refractivity contribution in [2.75, 3.05) is 20.2 Å². The Morgan fingerprint density at radius 3 is 2.94 bits per heavy atom. The monoisotopic (exact) mass is 237 g/mol. The van der Waals surface area contributed by atoms with Gasteiger partial charge in [0.05, 0.1) is 13.7 Å². The number of aliphatic hydroxyl groups is 1. The van der Waals surface area contributed by atoms with Gasteiger partial charge in [-0.15, -0.1) is 0 Å². The summed E-state index contributed by atoms with van der Waals surface area (Å²) in [5.41, 5.74) is 0.830. The maximum atomic E-state index is 9.06. The van der Waals surface area contributed by atoms with Gasteiger partial charge in [0.2, 0.25) is 0 Å². The molecule has 1 aliphatic heterocycles. The molecule has 0 aliphatic carbocycles. The Hall–Kier alpha value is -1.26. The lowest BCUT2D eigenvalue weighted by Gasteiger charge is -2.24. The molecule has 4 nitrogen and oxygen atoms in total. The van der Waals surface area contributed by atoms with Crippen LogP contribution in [0.2, 0.25) is 0 Å². The van der Waals surface area contributed by atoms with Crippen molar-refractivity contribution in [3.63, 3.8) is 0 Å².